The standard InChI is InChI=1S/C15H22N2O2/c1-11-4-5-12(2)13(8-11)14(16-3)9-17-6-7-19-10-15(17)18/h4-5,8,14,16H,6-7,9-10H2,1-3H3. The Balaban J connectivity index is 2.15. The van der Waals surface area contributed by atoms with Crippen molar-refractivity contribution in [2.75, 3.05) is 33.4 Å². The highest BCUT2D eigenvalue weighted by atomic mass is 16.5. The minimum absolute atomic E-state index is 0.0804. The van der Waals surface area contributed by atoms with Gasteiger partial charge in [-0.05, 0) is 32.0 Å². The average Bonchev–Trinajstić information content (AvgIpc) is 2.41. The second kappa shape index (κ2) is 6.17. The first kappa shape index (κ1) is 14.0. The summed E-state index contributed by atoms with van der Waals surface area (Å²) in [5.74, 6) is 0.0804. The fourth-order valence-electron chi connectivity index (χ4n) is 2.44. The van der Waals surface area contributed by atoms with E-state index in [0.29, 0.717) is 19.7 Å². The molecule has 104 valence electrons. The van der Waals surface area contributed by atoms with E-state index in [1.54, 1.807) is 0 Å². The lowest BCUT2D eigenvalue weighted by Crippen LogP contribution is -2.45. The van der Waals surface area contributed by atoms with Gasteiger partial charge in [0.25, 0.3) is 0 Å². The quantitative estimate of drug-likeness (QED) is 0.892. The maximum Gasteiger partial charge on any atom is 0.248 e. The Kier molecular flexibility index (Phi) is 4.56. The van der Waals surface area contributed by atoms with Crippen molar-refractivity contribution >= 4 is 5.91 Å². The number of amides is 1. The minimum Gasteiger partial charge on any atom is -0.370 e. The zero-order valence-electron chi connectivity index (χ0n) is 11.9. The molecule has 1 fully saturated rings. The number of likely N-dealkylation sites (N-methyl/N-ethyl adjacent to an activating group) is 1. The van der Waals surface area contributed by atoms with E-state index in [2.05, 4.69) is 37.4 Å². The third-order valence-electron chi connectivity index (χ3n) is 3.65. The topological polar surface area (TPSA) is 41.6 Å². The third-order valence-corrected chi connectivity index (χ3v) is 3.65. The number of nitrogens with zero attached hydrogens (tertiary/aromatic N) is 1. The van der Waals surface area contributed by atoms with Crippen LogP contribution in [0.25, 0.3) is 0 Å². The van der Waals surface area contributed by atoms with E-state index in [0.717, 1.165) is 0 Å². The van der Waals surface area contributed by atoms with Crippen LogP contribution in [0.15, 0.2) is 18.2 Å². The third kappa shape index (κ3) is 3.33. The maximum absolute atomic E-state index is 11.8. The summed E-state index contributed by atoms with van der Waals surface area (Å²) < 4.78 is 5.16. The lowest BCUT2D eigenvalue weighted by Gasteiger charge is -2.31. The summed E-state index contributed by atoms with van der Waals surface area (Å²) in [5.41, 5.74) is 3.77. The molecule has 1 amide bonds. The number of benzene rings is 1. The molecule has 1 N–H and O–H groups in total. The van der Waals surface area contributed by atoms with Crippen LogP contribution in [-0.4, -0.2) is 44.2 Å². The smallest absolute Gasteiger partial charge is 0.248 e. The molecular weight excluding hydrogens is 240 g/mol. The molecule has 1 aliphatic heterocycles. The van der Waals surface area contributed by atoms with E-state index in [1.165, 1.54) is 16.7 Å². The molecule has 0 aromatic heterocycles. The number of ether oxygens (including phenoxy) is 1. The highest BCUT2D eigenvalue weighted by Gasteiger charge is 2.23. The van der Waals surface area contributed by atoms with Gasteiger partial charge in [-0.1, -0.05) is 23.8 Å². The Morgan fingerprint density at radius 2 is 2.21 bits per heavy atom. The molecule has 0 saturated carbocycles. The number of carbonyl (C=O) groups is 1. The molecule has 1 aromatic rings. The maximum atomic E-state index is 11.8. The van der Waals surface area contributed by atoms with Crippen molar-refractivity contribution in [1.82, 2.24) is 10.2 Å². The largest absolute Gasteiger partial charge is 0.370 e. The predicted octanol–water partition coefficient (Wildman–Crippen LogP) is 1.42. The fourth-order valence-corrected chi connectivity index (χ4v) is 2.44. The molecule has 4 heteroatoms. The molecule has 19 heavy (non-hydrogen) atoms. The molecule has 1 heterocycles. The van der Waals surface area contributed by atoms with Gasteiger partial charge in [0, 0.05) is 19.1 Å². The summed E-state index contributed by atoms with van der Waals surface area (Å²) >= 11 is 0. The molecule has 1 saturated heterocycles. The molecule has 4 nitrogen and oxygen atoms in total. The molecule has 1 aliphatic rings. The SMILES string of the molecule is CNC(CN1CCOCC1=O)c1cc(C)ccc1C. The van der Waals surface area contributed by atoms with Crippen molar-refractivity contribution in [3.63, 3.8) is 0 Å². The van der Waals surface area contributed by atoms with Gasteiger partial charge in [-0.3, -0.25) is 4.79 Å². The van der Waals surface area contributed by atoms with Gasteiger partial charge in [0.2, 0.25) is 5.91 Å². The predicted molar refractivity (Wildman–Crippen MR) is 75.1 cm³/mol. The summed E-state index contributed by atoms with van der Waals surface area (Å²) in [7, 11) is 1.94. The number of aryl methyl sites for hydroxylation is 2. The van der Waals surface area contributed by atoms with Gasteiger partial charge in [-0.15, -0.1) is 0 Å². The van der Waals surface area contributed by atoms with Crippen LogP contribution in [-0.2, 0) is 9.53 Å². The molecule has 1 unspecified atom stereocenters. The Bertz CT molecular complexity index is 459. The van der Waals surface area contributed by atoms with E-state index < -0.39 is 0 Å². The summed E-state index contributed by atoms with van der Waals surface area (Å²) in [6.07, 6.45) is 0. The number of nitrogens with one attached hydrogen (secondary N) is 1. The first-order valence-corrected chi connectivity index (χ1v) is 6.71. The molecule has 0 spiro atoms. The second-order valence-electron chi connectivity index (χ2n) is 5.09. The summed E-state index contributed by atoms with van der Waals surface area (Å²) in [6, 6.07) is 6.62. The van der Waals surface area contributed by atoms with Crippen molar-refractivity contribution in [3.05, 3.63) is 34.9 Å². The lowest BCUT2D eigenvalue weighted by atomic mass is 9.98. The number of rotatable bonds is 4. The van der Waals surface area contributed by atoms with Crippen LogP contribution in [0.5, 0.6) is 0 Å². The normalized spacial score (nSPS) is 17.6. The Labute approximate surface area is 114 Å². The number of morpholine rings is 1. The van der Waals surface area contributed by atoms with Gasteiger partial charge in [-0.25, -0.2) is 0 Å². The zero-order valence-corrected chi connectivity index (χ0v) is 11.9. The van der Waals surface area contributed by atoms with Crippen molar-refractivity contribution in [2.24, 2.45) is 0 Å². The van der Waals surface area contributed by atoms with Gasteiger partial charge in [0.05, 0.1) is 6.61 Å². The van der Waals surface area contributed by atoms with E-state index in [1.807, 2.05) is 11.9 Å². The fraction of sp³-hybridized carbons (Fsp3) is 0.533. The van der Waals surface area contributed by atoms with Crippen molar-refractivity contribution < 1.29 is 9.53 Å². The Hall–Kier alpha value is -1.39. The van der Waals surface area contributed by atoms with E-state index in [4.69, 9.17) is 4.74 Å². The average molecular weight is 262 g/mol. The lowest BCUT2D eigenvalue weighted by molar-refractivity contribution is -0.143. The monoisotopic (exact) mass is 262 g/mol. The summed E-state index contributed by atoms with van der Waals surface area (Å²) in [5, 5.41) is 3.32. The van der Waals surface area contributed by atoms with Crippen molar-refractivity contribution in [2.45, 2.75) is 19.9 Å². The highest BCUT2D eigenvalue weighted by molar-refractivity contribution is 5.78. The molecule has 1 atom stereocenters. The molecule has 2 rings (SSSR count). The zero-order chi connectivity index (χ0) is 13.8. The van der Waals surface area contributed by atoms with Gasteiger partial charge < -0.3 is 15.0 Å². The number of hydrogen-bond acceptors (Lipinski definition) is 3. The van der Waals surface area contributed by atoms with Crippen LogP contribution in [0.2, 0.25) is 0 Å². The van der Waals surface area contributed by atoms with Gasteiger partial charge >= 0.3 is 0 Å². The highest BCUT2D eigenvalue weighted by Crippen LogP contribution is 2.20. The van der Waals surface area contributed by atoms with Crippen molar-refractivity contribution in [1.29, 1.82) is 0 Å². The molecular formula is C15H22N2O2. The number of hydrogen-bond donors (Lipinski definition) is 1. The van der Waals surface area contributed by atoms with E-state index >= 15 is 0 Å². The minimum atomic E-state index is 0.0804. The van der Waals surface area contributed by atoms with Crippen LogP contribution < -0.4 is 5.32 Å². The van der Waals surface area contributed by atoms with E-state index in [-0.39, 0.29) is 18.6 Å². The van der Waals surface area contributed by atoms with E-state index in [9.17, 15) is 4.79 Å². The van der Waals surface area contributed by atoms with Crippen LogP contribution in [0.3, 0.4) is 0 Å². The van der Waals surface area contributed by atoms with Gasteiger partial charge in [-0.2, -0.15) is 0 Å². The number of carbonyl (C=O) groups excluding carboxylic acids is 1. The summed E-state index contributed by atoms with van der Waals surface area (Å²) in [4.78, 5) is 13.7. The van der Waals surface area contributed by atoms with Gasteiger partial charge in [0.1, 0.15) is 6.61 Å². The Morgan fingerprint density at radius 1 is 1.42 bits per heavy atom. The molecule has 0 radical (unpaired) electrons. The van der Waals surface area contributed by atoms with Gasteiger partial charge in [0.15, 0.2) is 0 Å². The Morgan fingerprint density at radius 3 is 2.89 bits per heavy atom. The molecule has 1 aromatic carbocycles. The van der Waals surface area contributed by atoms with Crippen molar-refractivity contribution in [3.8, 4) is 0 Å². The van der Waals surface area contributed by atoms with Crippen LogP contribution in [0.4, 0.5) is 0 Å². The first-order valence-electron chi connectivity index (χ1n) is 6.71. The molecule has 0 aliphatic carbocycles. The van der Waals surface area contributed by atoms with Crippen LogP contribution >= 0.6 is 0 Å². The molecule has 0 bridgehead atoms. The van der Waals surface area contributed by atoms with Crippen LogP contribution in [0.1, 0.15) is 22.7 Å². The first-order chi connectivity index (χ1) is 9.11. The summed E-state index contributed by atoms with van der Waals surface area (Å²) in [6.45, 7) is 6.43. The van der Waals surface area contributed by atoms with Crippen LogP contribution in [0, 0.1) is 13.8 Å². The second-order valence-corrected chi connectivity index (χ2v) is 5.09.